The number of para-hydroxylation sites is 2. The van der Waals surface area contributed by atoms with Crippen LogP contribution in [0.2, 0.25) is 0 Å². The Labute approximate surface area is 199 Å². The van der Waals surface area contributed by atoms with Gasteiger partial charge in [0.2, 0.25) is 5.95 Å². The van der Waals surface area contributed by atoms with Gasteiger partial charge in [0, 0.05) is 32.9 Å². The SMILES string of the molecule is CN(Cc1ccccc1)c1nc2c(c(=O)[nH]c(=O)n2C)n1CCCSc1nc2ccccc2o1. The Hall–Kier alpha value is -3.79. The Kier molecular flexibility index (Phi) is 5.97. The highest BCUT2D eigenvalue weighted by molar-refractivity contribution is 7.99. The number of aromatic nitrogens is 5. The minimum Gasteiger partial charge on any atom is -0.431 e. The summed E-state index contributed by atoms with van der Waals surface area (Å²) in [5.41, 5.74) is 2.57. The highest BCUT2D eigenvalue weighted by atomic mass is 32.2. The molecule has 3 aromatic heterocycles. The standard InChI is InChI=1S/C24H24N6O3S/c1-28(15-16-9-4-3-5-10-16)22-26-20-19(21(31)27-23(32)29(20)2)30(22)13-8-14-34-24-25-17-11-6-7-12-18(17)33-24/h3-7,9-12H,8,13-15H2,1-2H3,(H,27,31,32). The van der Waals surface area contributed by atoms with E-state index in [9.17, 15) is 9.59 Å². The number of rotatable bonds is 8. The van der Waals surface area contributed by atoms with Crippen LogP contribution < -0.4 is 16.1 Å². The number of benzene rings is 2. The van der Waals surface area contributed by atoms with E-state index in [1.807, 2.05) is 71.1 Å². The summed E-state index contributed by atoms with van der Waals surface area (Å²) in [6, 6.07) is 17.7. The number of imidazole rings is 1. The number of H-pyrrole nitrogens is 1. The summed E-state index contributed by atoms with van der Waals surface area (Å²) in [4.78, 5) is 38.5. The zero-order chi connectivity index (χ0) is 23.7. The Morgan fingerprint density at radius 2 is 1.82 bits per heavy atom. The zero-order valence-corrected chi connectivity index (χ0v) is 19.7. The van der Waals surface area contributed by atoms with Crippen molar-refractivity contribution in [3.8, 4) is 0 Å². The van der Waals surface area contributed by atoms with Gasteiger partial charge in [0.05, 0.1) is 0 Å². The summed E-state index contributed by atoms with van der Waals surface area (Å²) < 4.78 is 9.05. The first-order chi connectivity index (χ1) is 16.5. The molecule has 0 radical (unpaired) electrons. The fourth-order valence-electron chi connectivity index (χ4n) is 3.95. The van der Waals surface area contributed by atoms with Crippen LogP contribution in [0.3, 0.4) is 0 Å². The molecule has 9 nitrogen and oxygen atoms in total. The summed E-state index contributed by atoms with van der Waals surface area (Å²) in [5.74, 6) is 1.38. The maximum atomic E-state index is 12.7. The molecule has 0 atom stereocenters. The van der Waals surface area contributed by atoms with Crippen molar-refractivity contribution in [1.29, 1.82) is 0 Å². The molecule has 2 aromatic carbocycles. The van der Waals surface area contributed by atoms with E-state index in [1.165, 1.54) is 16.3 Å². The highest BCUT2D eigenvalue weighted by Crippen LogP contribution is 2.25. The van der Waals surface area contributed by atoms with Gasteiger partial charge in [-0.1, -0.05) is 54.2 Å². The fourth-order valence-corrected chi connectivity index (χ4v) is 4.71. The van der Waals surface area contributed by atoms with Crippen LogP contribution in [0.1, 0.15) is 12.0 Å². The van der Waals surface area contributed by atoms with Crippen LogP contribution in [0, 0.1) is 0 Å². The smallest absolute Gasteiger partial charge is 0.329 e. The third-order valence-electron chi connectivity index (χ3n) is 5.62. The number of nitrogens with zero attached hydrogens (tertiary/aromatic N) is 5. The first kappa shape index (κ1) is 22.0. The molecule has 0 spiro atoms. The van der Waals surface area contributed by atoms with Crippen molar-refractivity contribution in [1.82, 2.24) is 24.1 Å². The van der Waals surface area contributed by atoms with Crippen molar-refractivity contribution in [2.45, 2.75) is 24.7 Å². The van der Waals surface area contributed by atoms with Gasteiger partial charge >= 0.3 is 5.69 Å². The molecule has 1 N–H and O–H groups in total. The van der Waals surface area contributed by atoms with Gasteiger partial charge < -0.3 is 13.9 Å². The summed E-state index contributed by atoms with van der Waals surface area (Å²) in [5, 5.41) is 0.623. The van der Waals surface area contributed by atoms with Crippen LogP contribution in [0.4, 0.5) is 5.95 Å². The zero-order valence-electron chi connectivity index (χ0n) is 18.9. The Morgan fingerprint density at radius 3 is 2.62 bits per heavy atom. The molecule has 5 aromatic rings. The van der Waals surface area contributed by atoms with E-state index in [0.29, 0.717) is 35.4 Å². The minimum atomic E-state index is -0.481. The number of anilines is 1. The number of fused-ring (bicyclic) bond motifs is 2. The number of thioether (sulfide) groups is 1. The Bertz CT molecular complexity index is 1530. The molecule has 174 valence electrons. The monoisotopic (exact) mass is 476 g/mol. The number of hydrogen-bond donors (Lipinski definition) is 1. The average molecular weight is 477 g/mol. The highest BCUT2D eigenvalue weighted by Gasteiger charge is 2.20. The van der Waals surface area contributed by atoms with E-state index in [0.717, 1.165) is 28.8 Å². The van der Waals surface area contributed by atoms with E-state index in [-0.39, 0.29) is 0 Å². The van der Waals surface area contributed by atoms with Gasteiger partial charge in [-0.3, -0.25) is 14.3 Å². The van der Waals surface area contributed by atoms with Crippen molar-refractivity contribution in [3.63, 3.8) is 0 Å². The predicted molar refractivity (Wildman–Crippen MR) is 133 cm³/mol. The normalized spacial score (nSPS) is 11.5. The fraction of sp³-hybridized carbons (Fsp3) is 0.250. The molecule has 0 saturated carbocycles. The molecule has 3 heterocycles. The lowest BCUT2D eigenvalue weighted by atomic mass is 10.2. The third-order valence-corrected chi connectivity index (χ3v) is 6.53. The molecular weight excluding hydrogens is 452 g/mol. The van der Waals surface area contributed by atoms with E-state index < -0.39 is 11.2 Å². The van der Waals surface area contributed by atoms with E-state index in [1.54, 1.807) is 7.05 Å². The van der Waals surface area contributed by atoms with Crippen LogP contribution in [-0.4, -0.2) is 36.9 Å². The van der Waals surface area contributed by atoms with Crippen LogP contribution >= 0.6 is 11.8 Å². The summed E-state index contributed by atoms with van der Waals surface area (Å²) in [7, 11) is 3.55. The molecule has 10 heteroatoms. The lowest BCUT2D eigenvalue weighted by Gasteiger charge is -2.20. The second kappa shape index (κ2) is 9.22. The van der Waals surface area contributed by atoms with Gasteiger partial charge in [-0.2, -0.15) is 4.98 Å². The van der Waals surface area contributed by atoms with Crippen molar-refractivity contribution >= 4 is 40.0 Å². The van der Waals surface area contributed by atoms with Crippen molar-refractivity contribution < 1.29 is 4.42 Å². The molecule has 0 aliphatic rings. The first-order valence-electron chi connectivity index (χ1n) is 10.9. The third kappa shape index (κ3) is 4.24. The molecule has 0 bridgehead atoms. The van der Waals surface area contributed by atoms with Gasteiger partial charge in [-0.05, 0) is 24.1 Å². The van der Waals surface area contributed by atoms with Gasteiger partial charge in [-0.25, -0.2) is 9.78 Å². The van der Waals surface area contributed by atoms with E-state index >= 15 is 0 Å². The van der Waals surface area contributed by atoms with Crippen molar-refractivity contribution in [3.05, 3.63) is 81.0 Å². The predicted octanol–water partition coefficient (Wildman–Crippen LogP) is 3.38. The molecule has 5 rings (SSSR count). The van der Waals surface area contributed by atoms with E-state index in [2.05, 4.69) is 15.0 Å². The van der Waals surface area contributed by atoms with Gasteiger partial charge in [-0.15, -0.1) is 0 Å². The average Bonchev–Trinajstić information content (AvgIpc) is 3.43. The lowest BCUT2D eigenvalue weighted by Crippen LogP contribution is -2.29. The number of hydrogen-bond acceptors (Lipinski definition) is 7. The lowest BCUT2D eigenvalue weighted by molar-refractivity contribution is 0.489. The van der Waals surface area contributed by atoms with E-state index in [4.69, 9.17) is 4.42 Å². The summed E-state index contributed by atoms with van der Waals surface area (Å²) in [6.07, 6.45) is 0.753. The molecular formula is C24H24N6O3S. The molecule has 0 saturated heterocycles. The van der Waals surface area contributed by atoms with Gasteiger partial charge in [0.25, 0.3) is 10.8 Å². The molecule has 0 aliphatic heterocycles. The van der Waals surface area contributed by atoms with Gasteiger partial charge in [0.1, 0.15) is 5.52 Å². The maximum Gasteiger partial charge on any atom is 0.329 e. The number of aromatic amines is 1. The largest absolute Gasteiger partial charge is 0.431 e. The maximum absolute atomic E-state index is 12.7. The number of oxazole rings is 1. The molecule has 0 fully saturated rings. The second-order valence-corrected chi connectivity index (χ2v) is 9.09. The first-order valence-corrected chi connectivity index (χ1v) is 11.9. The van der Waals surface area contributed by atoms with Gasteiger partial charge in [0.15, 0.2) is 16.7 Å². The Balaban J connectivity index is 1.40. The van der Waals surface area contributed by atoms with Crippen LogP contribution in [-0.2, 0) is 20.1 Å². The summed E-state index contributed by atoms with van der Waals surface area (Å²) >= 11 is 1.53. The molecule has 0 unspecified atom stereocenters. The van der Waals surface area contributed by atoms with Crippen molar-refractivity contribution in [2.75, 3.05) is 17.7 Å². The quantitative estimate of drug-likeness (QED) is 0.271. The van der Waals surface area contributed by atoms with Crippen LogP contribution in [0.25, 0.3) is 22.3 Å². The molecule has 0 amide bonds. The number of aryl methyl sites for hydroxylation is 2. The number of nitrogens with one attached hydrogen (secondary N) is 1. The minimum absolute atomic E-state index is 0.371. The topological polar surface area (TPSA) is 102 Å². The summed E-state index contributed by atoms with van der Waals surface area (Å²) in [6.45, 7) is 1.17. The second-order valence-electron chi connectivity index (χ2n) is 8.05. The van der Waals surface area contributed by atoms with Crippen LogP contribution in [0.15, 0.2) is 73.8 Å². The molecule has 34 heavy (non-hydrogen) atoms. The Morgan fingerprint density at radius 1 is 1.06 bits per heavy atom. The van der Waals surface area contributed by atoms with Crippen LogP contribution in [0.5, 0.6) is 0 Å². The molecule has 0 aliphatic carbocycles. The van der Waals surface area contributed by atoms with Crippen molar-refractivity contribution in [2.24, 2.45) is 7.05 Å².